The van der Waals surface area contributed by atoms with Crippen molar-refractivity contribution >= 4 is 29.1 Å². The first-order chi connectivity index (χ1) is 10.1. The van der Waals surface area contributed by atoms with Crippen molar-refractivity contribution in [3.05, 3.63) is 59.7 Å². The molecule has 0 spiro atoms. The second-order valence-electron chi connectivity index (χ2n) is 4.05. The highest BCUT2D eigenvalue weighted by Crippen LogP contribution is 2.21. The SMILES string of the molecule is C=CCNC(=O)c1cnc(Nc2ccc(F)c(Cl)c2)nc1. The Bertz CT molecular complexity index is 661. The lowest BCUT2D eigenvalue weighted by molar-refractivity contribution is 0.0957. The second kappa shape index (κ2) is 6.81. The van der Waals surface area contributed by atoms with Crippen molar-refractivity contribution in [1.82, 2.24) is 15.3 Å². The molecule has 1 heterocycles. The van der Waals surface area contributed by atoms with Crippen LogP contribution in [-0.2, 0) is 0 Å². The smallest absolute Gasteiger partial charge is 0.254 e. The molecule has 1 aromatic heterocycles. The van der Waals surface area contributed by atoms with Crippen LogP contribution in [0.3, 0.4) is 0 Å². The van der Waals surface area contributed by atoms with E-state index in [1.807, 2.05) is 0 Å². The van der Waals surface area contributed by atoms with Crippen molar-refractivity contribution in [2.24, 2.45) is 0 Å². The van der Waals surface area contributed by atoms with Crippen molar-refractivity contribution in [2.75, 3.05) is 11.9 Å². The maximum absolute atomic E-state index is 13.0. The summed E-state index contributed by atoms with van der Waals surface area (Å²) in [7, 11) is 0. The van der Waals surface area contributed by atoms with E-state index in [2.05, 4.69) is 27.2 Å². The molecule has 0 atom stereocenters. The monoisotopic (exact) mass is 306 g/mol. The molecule has 0 aliphatic carbocycles. The molecule has 0 aliphatic heterocycles. The molecular weight excluding hydrogens is 295 g/mol. The molecule has 0 bridgehead atoms. The summed E-state index contributed by atoms with van der Waals surface area (Å²) in [4.78, 5) is 19.7. The first-order valence-corrected chi connectivity index (χ1v) is 6.41. The number of aromatic nitrogens is 2. The molecule has 2 aromatic rings. The Morgan fingerprint density at radius 2 is 2.10 bits per heavy atom. The van der Waals surface area contributed by atoms with E-state index in [0.29, 0.717) is 17.8 Å². The molecule has 0 fully saturated rings. The van der Waals surface area contributed by atoms with Crippen LogP contribution in [0.5, 0.6) is 0 Å². The van der Waals surface area contributed by atoms with Gasteiger partial charge in [0.1, 0.15) is 5.82 Å². The zero-order chi connectivity index (χ0) is 15.2. The molecule has 21 heavy (non-hydrogen) atoms. The molecule has 0 aliphatic rings. The number of nitrogens with one attached hydrogen (secondary N) is 2. The van der Waals surface area contributed by atoms with Crippen LogP contribution in [-0.4, -0.2) is 22.4 Å². The molecule has 108 valence electrons. The van der Waals surface area contributed by atoms with Gasteiger partial charge in [-0.3, -0.25) is 4.79 Å². The molecule has 2 rings (SSSR count). The second-order valence-corrected chi connectivity index (χ2v) is 4.46. The van der Waals surface area contributed by atoms with Gasteiger partial charge in [-0.1, -0.05) is 17.7 Å². The largest absolute Gasteiger partial charge is 0.348 e. The number of carbonyl (C=O) groups is 1. The van der Waals surface area contributed by atoms with Crippen LogP contribution in [0.2, 0.25) is 5.02 Å². The third-order valence-electron chi connectivity index (χ3n) is 2.50. The van der Waals surface area contributed by atoms with Gasteiger partial charge in [-0.2, -0.15) is 0 Å². The average Bonchev–Trinajstić information content (AvgIpc) is 2.49. The molecular formula is C14H12ClFN4O. The van der Waals surface area contributed by atoms with Crippen molar-refractivity contribution in [3.8, 4) is 0 Å². The number of carbonyl (C=O) groups excluding carboxylic acids is 1. The highest BCUT2D eigenvalue weighted by molar-refractivity contribution is 6.31. The highest BCUT2D eigenvalue weighted by Gasteiger charge is 2.07. The lowest BCUT2D eigenvalue weighted by Crippen LogP contribution is -2.23. The predicted molar refractivity (Wildman–Crippen MR) is 79.3 cm³/mol. The molecule has 0 unspecified atom stereocenters. The van der Waals surface area contributed by atoms with Gasteiger partial charge in [-0.25, -0.2) is 14.4 Å². The number of hydrogen-bond acceptors (Lipinski definition) is 4. The first kappa shape index (κ1) is 14.9. The van der Waals surface area contributed by atoms with Gasteiger partial charge in [0, 0.05) is 24.6 Å². The van der Waals surface area contributed by atoms with Crippen LogP contribution < -0.4 is 10.6 Å². The van der Waals surface area contributed by atoms with Gasteiger partial charge in [0.25, 0.3) is 5.91 Å². The van der Waals surface area contributed by atoms with E-state index in [1.165, 1.54) is 30.6 Å². The topological polar surface area (TPSA) is 66.9 Å². The number of hydrogen-bond donors (Lipinski definition) is 2. The van der Waals surface area contributed by atoms with E-state index in [0.717, 1.165) is 0 Å². The van der Waals surface area contributed by atoms with Gasteiger partial charge in [-0.15, -0.1) is 6.58 Å². The van der Waals surface area contributed by atoms with Crippen molar-refractivity contribution in [3.63, 3.8) is 0 Å². The van der Waals surface area contributed by atoms with E-state index in [1.54, 1.807) is 6.08 Å². The summed E-state index contributed by atoms with van der Waals surface area (Å²) < 4.78 is 13.0. The van der Waals surface area contributed by atoms with Crippen LogP contribution in [0.25, 0.3) is 0 Å². The fourth-order valence-electron chi connectivity index (χ4n) is 1.48. The third kappa shape index (κ3) is 4.00. The van der Waals surface area contributed by atoms with Gasteiger partial charge in [-0.05, 0) is 18.2 Å². The lowest BCUT2D eigenvalue weighted by atomic mass is 10.3. The molecule has 5 nitrogen and oxygen atoms in total. The Morgan fingerprint density at radius 3 is 2.71 bits per heavy atom. The number of rotatable bonds is 5. The van der Waals surface area contributed by atoms with Gasteiger partial charge in [0.05, 0.1) is 10.6 Å². The van der Waals surface area contributed by atoms with Crippen LogP contribution in [0, 0.1) is 5.82 Å². The Morgan fingerprint density at radius 1 is 1.38 bits per heavy atom. The number of nitrogens with zero attached hydrogens (tertiary/aromatic N) is 2. The summed E-state index contributed by atoms with van der Waals surface area (Å²) in [6.45, 7) is 3.88. The Labute approximate surface area is 125 Å². The molecule has 1 amide bonds. The lowest BCUT2D eigenvalue weighted by Gasteiger charge is -2.06. The minimum absolute atomic E-state index is 0.000392. The van der Waals surface area contributed by atoms with Gasteiger partial charge < -0.3 is 10.6 Å². The van der Waals surface area contributed by atoms with Gasteiger partial charge in [0.15, 0.2) is 0 Å². The average molecular weight is 307 g/mol. The fourth-order valence-corrected chi connectivity index (χ4v) is 1.66. The normalized spacial score (nSPS) is 10.0. The predicted octanol–water partition coefficient (Wildman–Crippen LogP) is 2.93. The highest BCUT2D eigenvalue weighted by atomic mass is 35.5. The van der Waals surface area contributed by atoms with Crippen LogP contribution in [0.1, 0.15) is 10.4 Å². The Kier molecular flexibility index (Phi) is 4.84. The maximum Gasteiger partial charge on any atom is 0.254 e. The van der Waals surface area contributed by atoms with Gasteiger partial charge >= 0.3 is 0 Å². The molecule has 0 saturated heterocycles. The van der Waals surface area contributed by atoms with Crippen molar-refractivity contribution in [2.45, 2.75) is 0 Å². The van der Waals surface area contributed by atoms with Crippen molar-refractivity contribution < 1.29 is 9.18 Å². The zero-order valence-electron chi connectivity index (χ0n) is 10.9. The Hall–Kier alpha value is -2.47. The maximum atomic E-state index is 13.0. The van der Waals surface area contributed by atoms with E-state index in [9.17, 15) is 9.18 Å². The first-order valence-electron chi connectivity index (χ1n) is 6.03. The fraction of sp³-hybridized carbons (Fsp3) is 0.0714. The Balaban J connectivity index is 2.06. The summed E-state index contributed by atoms with van der Waals surface area (Å²) in [6.07, 6.45) is 4.35. The standard InChI is InChI=1S/C14H12ClFN4O/c1-2-5-17-13(21)9-7-18-14(19-8-9)20-10-3-4-12(16)11(15)6-10/h2-4,6-8H,1,5H2,(H,17,21)(H,18,19,20). The van der Waals surface area contributed by atoms with Crippen LogP contribution in [0.15, 0.2) is 43.2 Å². The summed E-state index contributed by atoms with van der Waals surface area (Å²) in [5, 5.41) is 5.48. The molecule has 1 aromatic carbocycles. The van der Waals surface area contributed by atoms with E-state index in [-0.39, 0.29) is 16.9 Å². The van der Waals surface area contributed by atoms with E-state index >= 15 is 0 Å². The zero-order valence-corrected chi connectivity index (χ0v) is 11.7. The summed E-state index contributed by atoms with van der Waals surface area (Å²) in [6, 6.07) is 4.17. The molecule has 0 saturated carbocycles. The minimum Gasteiger partial charge on any atom is -0.348 e. The van der Waals surface area contributed by atoms with E-state index in [4.69, 9.17) is 11.6 Å². The van der Waals surface area contributed by atoms with Crippen molar-refractivity contribution in [1.29, 1.82) is 0 Å². The number of anilines is 2. The molecule has 0 radical (unpaired) electrons. The van der Waals surface area contributed by atoms with E-state index < -0.39 is 5.82 Å². The van der Waals surface area contributed by atoms with Gasteiger partial charge in [0.2, 0.25) is 5.95 Å². The van der Waals surface area contributed by atoms with Crippen LogP contribution >= 0.6 is 11.6 Å². The third-order valence-corrected chi connectivity index (χ3v) is 2.79. The molecule has 7 heteroatoms. The summed E-state index contributed by atoms with van der Waals surface area (Å²) in [5.41, 5.74) is 0.879. The molecule has 2 N–H and O–H groups in total. The summed E-state index contributed by atoms with van der Waals surface area (Å²) >= 11 is 5.68. The number of halogens is 2. The quantitative estimate of drug-likeness (QED) is 0.834. The minimum atomic E-state index is -0.502. The number of amides is 1. The number of benzene rings is 1. The van der Waals surface area contributed by atoms with Crippen LogP contribution in [0.4, 0.5) is 16.0 Å². The summed E-state index contributed by atoms with van der Waals surface area (Å²) in [5.74, 6) is -0.512.